The van der Waals surface area contributed by atoms with Crippen LogP contribution in [0.25, 0.3) is 0 Å². The van der Waals surface area contributed by atoms with E-state index in [4.69, 9.17) is 14.2 Å². The van der Waals surface area contributed by atoms with Crippen molar-refractivity contribution < 1.29 is 33.3 Å². The minimum atomic E-state index is -0.963. The monoisotopic (exact) mass is 371 g/mol. The number of anilines is 1. The van der Waals surface area contributed by atoms with Crippen LogP contribution in [0.2, 0.25) is 0 Å². The van der Waals surface area contributed by atoms with E-state index in [1.165, 1.54) is 13.2 Å². The summed E-state index contributed by atoms with van der Waals surface area (Å²) in [6.07, 6.45) is -0.963. The molecular formula is C19H17NO7. The molecule has 0 saturated heterocycles. The van der Waals surface area contributed by atoms with Crippen LogP contribution >= 0.6 is 0 Å². The summed E-state index contributed by atoms with van der Waals surface area (Å²) in [5, 5.41) is 2.51. The number of amides is 1. The van der Waals surface area contributed by atoms with Crippen molar-refractivity contribution in [3.63, 3.8) is 0 Å². The van der Waals surface area contributed by atoms with Crippen LogP contribution < -0.4 is 14.8 Å². The SMILES string of the molecule is COC(=O)c1ccccc1NC(=O)COC(=O)[C@H]1COc2ccccc2O1. The van der Waals surface area contributed by atoms with E-state index in [1.54, 1.807) is 42.5 Å². The number of para-hydroxylation sites is 3. The van der Waals surface area contributed by atoms with Crippen molar-refractivity contribution >= 4 is 23.5 Å². The van der Waals surface area contributed by atoms with Crippen molar-refractivity contribution in [3.05, 3.63) is 54.1 Å². The molecule has 140 valence electrons. The molecule has 3 rings (SSSR count). The first-order valence-electron chi connectivity index (χ1n) is 8.11. The maximum absolute atomic E-state index is 12.1. The zero-order chi connectivity index (χ0) is 19.2. The zero-order valence-electron chi connectivity index (χ0n) is 14.5. The first kappa shape index (κ1) is 18.2. The molecule has 0 unspecified atom stereocenters. The summed E-state index contributed by atoms with van der Waals surface area (Å²) in [4.78, 5) is 35.9. The normalized spacial score (nSPS) is 14.8. The van der Waals surface area contributed by atoms with Gasteiger partial charge in [0.25, 0.3) is 5.91 Å². The molecule has 27 heavy (non-hydrogen) atoms. The van der Waals surface area contributed by atoms with Crippen LogP contribution in [0, 0.1) is 0 Å². The van der Waals surface area contributed by atoms with Gasteiger partial charge in [0.2, 0.25) is 6.10 Å². The number of carbonyl (C=O) groups is 3. The predicted molar refractivity (Wildman–Crippen MR) is 93.7 cm³/mol. The van der Waals surface area contributed by atoms with Gasteiger partial charge < -0.3 is 24.3 Å². The number of methoxy groups -OCH3 is 1. The third kappa shape index (κ3) is 4.35. The van der Waals surface area contributed by atoms with Gasteiger partial charge >= 0.3 is 11.9 Å². The molecule has 1 heterocycles. The molecular weight excluding hydrogens is 354 g/mol. The number of carbonyl (C=O) groups excluding carboxylic acids is 3. The predicted octanol–water partition coefficient (Wildman–Crippen LogP) is 1.79. The van der Waals surface area contributed by atoms with E-state index in [2.05, 4.69) is 10.1 Å². The molecule has 2 aromatic carbocycles. The third-order valence-electron chi connectivity index (χ3n) is 3.72. The second kappa shape index (κ2) is 8.22. The molecule has 0 radical (unpaired) electrons. The molecule has 8 nitrogen and oxygen atoms in total. The van der Waals surface area contributed by atoms with E-state index >= 15 is 0 Å². The summed E-state index contributed by atoms with van der Waals surface area (Å²) < 4.78 is 20.6. The Morgan fingerprint density at radius 2 is 1.78 bits per heavy atom. The van der Waals surface area contributed by atoms with E-state index in [0.29, 0.717) is 11.5 Å². The highest BCUT2D eigenvalue weighted by Gasteiger charge is 2.29. The van der Waals surface area contributed by atoms with Crippen molar-refractivity contribution in [2.75, 3.05) is 25.6 Å². The van der Waals surface area contributed by atoms with Gasteiger partial charge in [-0.15, -0.1) is 0 Å². The van der Waals surface area contributed by atoms with E-state index in [9.17, 15) is 14.4 Å². The number of benzene rings is 2. The van der Waals surface area contributed by atoms with Gasteiger partial charge in [-0.3, -0.25) is 4.79 Å². The summed E-state index contributed by atoms with van der Waals surface area (Å²) in [7, 11) is 1.24. The number of fused-ring (bicyclic) bond motifs is 1. The van der Waals surface area contributed by atoms with Crippen molar-refractivity contribution in [2.45, 2.75) is 6.10 Å². The second-order valence-electron chi connectivity index (χ2n) is 5.56. The van der Waals surface area contributed by atoms with Crippen LogP contribution in [0.1, 0.15) is 10.4 Å². The fourth-order valence-corrected chi connectivity index (χ4v) is 2.43. The molecule has 0 saturated carbocycles. The zero-order valence-corrected chi connectivity index (χ0v) is 14.5. The van der Waals surface area contributed by atoms with E-state index < -0.39 is 30.6 Å². The standard InChI is InChI=1S/C19H17NO7/c1-24-18(22)12-6-2-3-7-13(12)20-17(21)11-26-19(23)16-10-25-14-8-4-5-9-15(14)27-16/h2-9,16H,10-11H2,1H3,(H,20,21)/t16-/m1/s1. The number of hydrogen-bond acceptors (Lipinski definition) is 7. The smallest absolute Gasteiger partial charge is 0.351 e. The Hall–Kier alpha value is -3.55. The lowest BCUT2D eigenvalue weighted by Crippen LogP contribution is -2.39. The number of nitrogens with one attached hydrogen (secondary N) is 1. The van der Waals surface area contributed by atoms with E-state index in [1.807, 2.05) is 0 Å². The van der Waals surface area contributed by atoms with Gasteiger partial charge in [0.15, 0.2) is 18.1 Å². The van der Waals surface area contributed by atoms with Crippen molar-refractivity contribution in [2.24, 2.45) is 0 Å². The van der Waals surface area contributed by atoms with Gasteiger partial charge in [-0.1, -0.05) is 24.3 Å². The lowest BCUT2D eigenvalue weighted by atomic mass is 10.2. The molecule has 1 aliphatic heterocycles. The summed E-state index contributed by atoms with van der Waals surface area (Å²) in [6.45, 7) is -0.543. The topological polar surface area (TPSA) is 100 Å². The minimum absolute atomic E-state index is 0.0113. The van der Waals surface area contributed by atoms with Crippen LogP contribution in [-0.2, 0) is 19.1 Å². The number of esters is 2. The Bertz CT molecular complexity index is 865. The summed E-state index contributed by atoms with van der Waals surface area (Å²) in [6, 6.07) is 13.3. The van der Waals surface area contributed by atoms with E-state index in [-0.39, 0.29) is 17.9 Å². The minimum Gasteiger partial charge on any atom is -0.485 e. The number of rotatable bonds is 5. The van der Waals surface area contributed by atoms with Crippen LogP contribution in [-0.4, -0.2) is 44.3 Å². The van der Waals surface area contributed by atoms with Crippen molar-refractivity contribution in [3.8, 4) is 11.5 Å². The van der Waals surface area contributed by atoms with Gasteiger partial charge in [-0.2, -0.15) is 0 Å². The Kier molecular flexibility index (Phi) is 5.55. The molecule has 0 fully saturated rings. The Morgan fingerprint density at radius 1 is 1.07 bits per heavy atom. The van der Waals surface area contributed by atoms with Gasteiger partial charge in [-0.05, 0) is 24.3 Å². The van der Waals surface area contributed by atoms with E-state index in [0.717, 1.165) is 0 Å². The highest BCUT2D eigenvalue weighted by molar-refractivity contribution is 6.01. The summed E-state index contributed by atoms with van der Waals surface area (Å²) >= 11 is 0. The fourth-order valence-electron chi connectivity index (χ4n) is 2.43. The second-order valence-corrected chi connectivity index (χ2v) is 5.56. The molecule has 1 amide bonds. The molecule has 8 heteroatoms. The molecule has 2 aromatic rings. The summed E-state index contributed by atoms with van der Waals surface area (Å²) in [5.74, 6) is -0.937. The lowest BCUT2D eigenvalue weighted by molar-refractivity contribution is -0.156. The molecule has 1 atom stereocenters. The number of ether oxygens (including phenoxy) is 4. The van der Waals surface area contributed by atoms with Gasteiger partial charge in [0.1, 0.15) is 6.61 Å². The number of hydrogen-bond donors (Lipinski definition) is 1. The first-order valence-corrected chi connectivity index (χ1v) is 8.11. The highest BCUT2D eigenvalue weighted by atomic mass is 16.6. The average Bonchev–Trinajstić information content (AvgIpc) is 2.71. The maximum atomic E-state index is 12.1. The average molecular weight is 371 g/mol. The Morgan fingerprint density at radius 3 is 2.56 bits per heavy atom. The molecule has 0 aromatic heterocycles. The van der Waals surface area contributed by atoms with Gasteiger partial charge in [0.05, 0.1) is 18.4 Å². The van der Waals surface area contributed by atoms with Crippen LogP contribution in [0.3, 0.4) is 0 Å². The quantitative estimate of drug-likeness (QED) is 0.800. The molecule has 1 N–H and O–H groups in total. The Labute approximate surface area is 155 Å². The van der Waals surface area contributed by atoms with Gasteiger partial charge in [0, 0.05) is 0 Å². The van der Waals surface area contributed by atoms with Crippen LogP contribution in [0.5, 0.6) is 11.5 Å². The molecule has 0 spiro atoms. The maximum Gasteiger partial charge on any atom is 0.351 e. The highest BCUT2D eigenvalue weighted by Crippen LogP contribution is 2.31. The third-order valence-corrected chi connectivity index (χ3v) is 3.72. The molecule has 0 bridgehead atoms. The fraction of sp³-hybridized carbons (Fsp3) is 0.211. The first-order chi connectivity index (χ1) is 13.1. The molecule has 0 aliphatic carbocycles. The van der Waals surface area contributed by atoms with Gasteiger partial charge in [-0.25, -0.2) is 9.59 Å². The largest absolute Gasteiger partial charge is 0.485 e. The lowest BCUT2D eigenvalue weighted by Gasteiger charge is -2.24. The Balaban J connectivity index is 1.54. The van der Waals surface area contributed by atoms with Crippen molar-refractivity contribution in [1.29, 1.82) is 0 Å². The van der Waals surface area contributed by atoms with Crippen molar-refractivity contribution in [1.82, 2.24) is 0 Å². The summed E-state index contributed by atoms with van der Waals surface area (Å²) in [5.41, 5.74) is 0.455. The molecule has 1 aliphatic rings. The van der Waals surface area contributed by atoms with Crippen LogP contribution in [0.4, 0.5) is 5.69 Å². The van der Waals surface area contributed by atoms with Crippen LogP contribution in [0.15, 0.2) is 48.5 Å².